The molecule has 0 bridgehead atoms. The van der Waals surface area contributed by atoms with Crippen molar-refractivity contribution in [3.63, 3.8) is 0 Å². The molecule has 2 aliphatic rings. The minimum Gasteiger partial charge on any atom is -0.370 e. The summed E-state index contributed by atoms with van der Waals surface area (Å²) in [6.45, 7) is 1.03. The van der Waals surface area contributed by atoms with Gasteiger partial charge in [0, 0.05) is 25.1 Å². The molecule has 17 heavy (non-hydrogen) atoms. The maximum Gasteiger partial charge on any atom is 0.266 e. The van der Waals surface area contributed by atoms with Crippen LogP contribution in [0.2, 0.25) is 0 Å². The summed E-state index contributed by atoms with van der Waals surface area (Å²) in [5.74, 6) is -1.10. The predicted molar refractivity (Wildman–Crippen MR) is 60.6 cm³/mol. The smallest absolute Gasteiger partial charge is 0.266 e. The lowest BCUT2D eigenvalue weighted by Gasteiger charge is -2.24. The molecule has 0 spiro atoms. The SMILES string of the molecule is FC1(F)CCN(c2ncnc3c2CCCN3)C1. The van der Waals surface area contributed by atoms with Crippen molar-refractivity contribution in [3.05, 3.63) is 11.9 Å². The van der Waals surface area contributed by atoms with Gasteiger partial charge in [0.05, 0.1) is 6.54 Å². The topological polar surface area (TPSA) is 41.1 Å². The minimum atomic E-state index is -2.58. The Kier molecular flexibility index (Phi) is 2.38. The number of aromatic nitrogens is 2. The van der Waals surface area contributed by atoms with Crippen LogP contribution in [0.25, 0.3) is 0 Å². The number of hydrogen-bond donors (Lipinski definition) is 1. The third-order valence-corrected chi connectivity index (χ3v) is 3.29. The average Bonchev–Trinajstić information content (AvgIpc) is 2.69. The molecule has 1 aromatic rings. The van der Waals surface area contributed by atoms with Gasteiger partial charge in [0.1, 0.15) is 18.0 Å². The number of hydrogen-bond acceptors (Lipinski definition) is 4. The van der Waals surface area contributed by atoms with E-state index in [1.165, 1.54) is 6.33 Å². The van der Waals surface area contributed by atoms with E-state index in [2.05, 4.69) is 15.3 Å². The number of nitrogens with zero attached hydrogens (tertiary/aromatic N) is 3. The van der Waals surface area contributed by atoms with Crippen molar-refractivity contribution in [2.75, 3.05) is 29.9 Å². The van der Waals surface area contributed by atoms with Crippen LogP contribution in [0.4, 0.5) is 20.4 Å². The van der Waals surface area contributed by atoms with Crippen molar-refractivity contribution in [3.8, 4) is 0 Å². The van der Waals surface area contributed by atoms with Crippen LogP contribution in [0.3, 0.4) is 0 Å². The lowest BCUT2D eigenvalue weighted by Crippen LogP contribution is -2.28. The lowest BCUT2D eigenvalue weighted by atomic mass is 10.1. The van der Waals surface area contributed by atoms with Crippen molar-refractivity contribution in [2.45, 2.75) is 25.2 Å². The highest BCUT2D eigenvalue weighted by Crippen LogP contribution is 2.34. The molecule has 1 aromatic heterocycles. The number of halogens is 2. The van der Waals surface area contributed by atoms with E-state index in [4.69, 9.17) is 0 Å². The van der Waals surface area contributed by atoms with Gasteiger partial charge >= 0.3 is 0 Å². The second-order valence-corrected chi connectivity index (χ2v) is 4.58. The summed E-state index contributed by atoms with van der Waals surface area (Å²) < 4.78 is 26.4. The largest absolute Gasteiger partial charge is 0.370 e. The van der Waals surface area contributed by atoms with Gasteiger partial charge in [0.25, 0.3) is 5.92 Å². The number of nitrogens with one attached hydrogen (secondary N) is 1. The van der Waals surface area contributed by atoms with Gasteiger partial charge in [-0.05, 0) is 12.8 Å². The Balaban J connectivity index is 1.93. The first-order chi connectivity index (χ1) is 8.16. The molecule has 0 radical (unpaired) electrons. The molecule has 1 N–H and O–H groups in total. The Morgan fingerprint density at radius 2 is 2.24 bits per heavy atom. The molecule has 3 heterocycles. The molecule has 0 saturated carbocycles. The molecular formula is C11H14F2N4. The minimum absolute atomic E-state index is 0.0841. The summed E-state index contributed by atoms with van der Waals surface area (Å²) in [7, 11) is 0. The van der Waals surface area contributed by atoms with Gasteiger partial charge in [0.15, 0.2) is 0 Å². The second kappa shape index (κ2) is 3.78. The van der Waals surface area contributed by atoms with Crippen LogP contribution in [-0.2, 0) is 6.42 Å². The monoisotopic (exact) mass is 240 g/mol. The van der Waals surface area contributed by atoms with E-state index >= 15 is 0 Å². The van der Waals surface area contributed by atoms with Crippen LogP contribution in [0.5, 0.6) is 0 Å². The summed E-state index contributed by atoms with van der Waals surface area (Å²) in [6, 6.07) is 0. The van der Waals surface area contributed by atoms with Crippen molar-refractivity contribution < 1.29 is 8.78 Å². The van der Waals surface area contributed by atoms with E-state index in [0.717, 1.165) is 30.8 Å². The van der Waals surface area contributed by atoms with Crippen LogP contribution in [0.1, 0.15) is 18.4 Å². The van der Waals surface area contributed by atoms with Gasteiger partial charge in [-0.25, -0.2) is 18.7 Å². The van der Waals surface area contributed by atoms with Gasteiger partial charge in [-0.1, -0.05) is 0 Å². The maximum atomic E-state index is 13.2. The zero-order chi connectivity index (χ0) is 11.9. The third kappa shape index (κ3) is 1.92. The van der Waals surface area contributed by atoms with Crippen LogP contribution < -0.4 is 10.2 Å². The predicted octanol–water partition coefficient (Wildman–Crippen LogP) is 1.68. The van der Waals surface area contributed by atoms with E-state index < -0.39 is 5.92 Å². The molecule has 0 aromatic carbocycles. The highest BCUT2D eigenvalue weighted by atomic mass is 19.3. The molecule has 6 heteroatoms. The average molecular weight is 240 g/mol. The fourth-order valence-corrected chi connectivity index (χ4v) is 2.45. The summed E-state index contributed by atoms with van der Waals surface area (Å²) >= 11 is 0. The number of rotatable bonds is 1. The lowest BCUT2D eigenvalue weighted by molar-refractivity contribution is 0.0256. The van der Waals surface area contributed by atoms with Gasteiger partial charge in [-0.3, -0.25) is 0 Å². The first kappa shape index (κ1) is 10.7. The summed E-state index contributed by atoms with van der Waals surface area (Å²) in [6.07, 6.45) is 3.22. The molecule has 0 aliphatic carbocycles. The normalized spacial score (nSPS) is 22.1. The number of anilines is 2. The third-order valence-electron chi connectivity index (χ3n) is 3.29. The number of alkyl halides is 2. The van der Waals surface area contributed by atoms with Crippen molar-refractivity contribution in [1.82, 2.24) is 9.97 Å². The maximum absolute atomic E-state index is 13.2. The molecule has 0 atom stereocenters. The van der Waals surface area contributed by atoms with E-state index in [0.29, 0.717) is 12.4 Å². The zero-order valence-electron chi connectivity index (χ0n) is 9.42. The van der Waals surface area contributed by atoms with Crippen LogP contribution >= 0.6 is 0 Å². The molecule has 4 nitrogen and oxygen atoms in total. The Labute approximate surface area is 98.1 Å². The molecule has 2 aliphatic heterocycles. The van der Waals surface area contributed by atoms with E-state index in [1.807, 2.05) is 0 Å². The van der Waals surface area contributed by atoms with E-state index in [9.17, 15) is 8.78 Å². The molecule has 0 amide bonds. The van der Waals surface area contributed by atoms with Gasteiger partial charge in [0.2, 0.25) is 0 Å². The molecule has 92 valence electrons. The van der Waals surface area contributed by atoms with Crippen molar-refractivity contribution in [2.24, 2.45) is 0 Å². The first-order valence-corrected chi connectivity index (χ1v) is 5.86. The summed E-state index contributed by atoms with van der Waals surface area (Å²) in [4.78, 5) is 10.0. The second-order valence-electron chi connectivity index (χ2n) is 4.58. The van der Waals surface area contributed by atoms with Gasteiger partial charge in [-0.2, -0.15) is 0 Å². The van der Waals surface area contributed by atoms with E-state index in [-0.39, 0.29) is 13.0 Å². The Morgan fingerprint density at radius 3 is 3.00 bits per heavy atom. The van der Waals surface area contributed by atoms with Crippen LogP contribution in [0.15, 0.2) is 6.33 Å². The quantitative estimate of drug-likeness (QED) is 0.811. The van der Waals surface area contributed by atoms with Crippen molar-refractivity contribution >= 4 is 11.6 Å². The highest BCUT2D eigenvalue weighted by molar-refractivity contribution is 5.60. The zero-order valence-corrected chi connectivity index (χ0v) is 9.42. The molecule has 1 fully saturated rings. The Bertz CT molecular complexity index is 435. The number of fused-ring (bicyclic) bond motifs is 1. The van der Waals surface area contributed by atoms with Crippen LogP contribution in [-0.4, -0.2) is 35.5 Å². The summed E-state index contributed by atoms with van der Waals surface area (Å²) in [5, 5.41) is 3.18. The van der Waals surface area contributed by atoms with Gasteiger partial charge in [-0.15, -0.1) is 0 Å². The van der Waals surface area contributed by atoms with E-state index in [1.54, 1.807) is 4.90 Å². The fraction of sp³-hybridized carbons (Fsp3) is 0.636. The molecule has 1 saturated heterocycles. The highest BCUT2D eigenvalue weighted by Gasteiger charge is 2.39. The molecule has 0 unspecified atom stereocenters. The van der Waals surface area contributed by atoms with Gasteiger partial charge < -0.3 is 10.2 Å². The van der Waals surface area contributed by atoms with Crippen LogP contribution in [0, 0.1) is 0 Å². The first-order valence-electron chi connectivity index (χ1n) is 5.86. The Hall–Kier alpha value is -1.46. The Morgan fingerprint density at radius 1 is 1.35 bits per heavy atom. The molecular weight excluding hydrogens is 226 g/mol. The summed E-state index contributed by atoms with van der Waals surface area (Å²) in [5.41, 5.74) is 0.983. The standard InChI is InChI=1S/C11H14F2N4/c12-11(13)3-5-17(6-11)10-8-2-1-4-14-9(8)15-7-16-10/h7H,1-6H2,(H,14,15,16). The molecule has 3 rings (SSSR count). The fourth-order valence-electron chi connectivity index (χ4n) is 2.45. The van der Waals surface area contributed by atoms with Crippen molar-refractivity contribution in [1.29, 1.82) is 0 Å².